The summed E-state index contributed by atoms with van der Waals surface area (Å²) in [5.74, 6) is 0.997. The number of para-hydroxylation sites is 2. The van der Waals surface area contributed by atoms with E-state index in [0.717, 1.165) is 32.1 Å². The van der Waals surface area contributed by atoms with Gasteiger partial charge in [-0.25, -0.2) is 0 Å². The zero-order valence-electron chi connectivity index (χ0n) is 8.49. The molecule has 0 amide bonds. The van der Waals surface area contributed by atoms with Gasteiger partial charge in [0.1, 0.15) is 12.4 Å². The van der Waals surface area contributed by atoms with Gasteiger partial charge in [0.2, 0.25) is 0 Å². The minimum Gasteiger partial charge on any atom is -0.490 e. The van der Waals surface area contributed by atoms with E-state index in [-0.39, 0.29) is 0 Å². The first kappa shape index (κ1) is 9.34. The molecule has 2 rings (SSSR count). The summed E-state index contributed by atoms with van der Waals surface area (Å²) >= 11 is 0. The van der Waals surface area contributed by atoms with Crippen LogP contribution in [0.5, 0.6) is 5.75 Å². The molecule has 1 aliphatic rings. The monoisotopic (exact) mass is 192 g/mol. The second kappa shape index (κ2) is 4.33. The molecule has 0 bridgehead atoms. The van der Waals surface area contributed by atoms with Crippen molar-refractivity contribution in [1.82, 2.24) is 5.32 Å². The maximum absolute atomic E-state index is 5.56. The molecule has 0 aliphatic carbocycles. The first-order chi connectivity index (χ1) is 6.92. The van der Waals surface area contributed by atoms with Crippen LogP contribution in [0.15, 0.2) is 24.3 Å². The molecule has 0 fully saturated rings. The lowest BCUT2D eigenvalue weighted by Gasteiger charge is -2.31. The minimum absolute atomic E-state index is 0.780. The molecule has 0 radical (unpaired) electrons. The number of rotatable bonds is 3. The number of nitrogens with one attached hydrogen (secondary N) is 1. The molecule has 0 aromatic heterocycles. The normalized spacial score (nSPS) is 14.8. The van der Waals surface area contributed by atoms with Crippen LogP contribution >= 0.6 is 0 Å². The van der Waals surface area contributed by atoms with Gasteiger partial charge in [0.25, 0.3) is 0 Å². The van der Waals surface area contributed by atoms with Gasteiger partial charge < -0.3 is 15.0 Å². The van der Waals surface area contributed by atoms with Gasteiger partial charge in [-0.2, -0.15) is 0 Å². The van der Waals surface area contributed by atoms with Crippen molar-refractivity contribution < 1.29 is 4.74 Å². The van der Waals surface area contributed by atoms with Crippen LogP contribution in [0.1, 0.15) is 6.92 Å². The SMILES string of the molecule is CCNCN1CCOc2ccccc21. The molecule has 14 heavy (non-hydrogen) atoms. The number of ether oxygens (including phenoxy) is 1. The minimum atomic E-state index is 0.780. The predicted octanol–water partition coefficient (Wildman–Crippen LogP) is 1.45. The Morgan fingerprint density at radius 3 is 3.14 bits per heavy atom. The molecular formula is C11H16N2O. The standard InChI is InChI=1S/C11H16N2O/c1-2-12-9-13-7-8-14-11-6-4-3-5-10(11)13/h3-6,12H,2,7-9H2,1H3. The number of nitrogens with zero attached hydrogens (tertiary/aromatic N) is 1. The number of fused-ring (bicyclic) bond motifs is 1. The summed E-state index contributed by atoms with van der Waals surface area (Å²) in [6.07, 6.45) is 0. The molecule has 1 aromatic carbocycles. The summed E-state index contributed by atoms with van der Waals surface area (Å²) in [5, 5.41) is 3.33. The molecule has 0 saturated carbocycles. The molecule has 3 nitrogen and oxygen atoms in total. The highest BCUT2D eigenvalue weighted by atomic mass is 16.5. The lowest BCUT2D eigenvalue weighted by Crippen LogP contribution is -2.39. The van der Waals surface area contributed by atoms with Crippen LogP contribution in [0, 0.1) is 0 Å². The van der Waals surface area contributed by atoms with Gasteiger partial charge in [0, 0.05) is 0 Å². The van der Waals surface area contributed by atoms with Crippen LogP contribution in [0.4, 0.5) is 5.69 Å². The first-order valence-corrected chi connectivity index (χ1v) is 5.09. The van der Waals surface area contributed by atoms with Gasteiger partial charge in [0.15, 0.2) is 0 Å². The molecule has 1 aliphatic heterocycles. The van der Waals surface area contributed by atoms with Crippen LogP contribution < -0.4 is 15.0 Å². The zero-order chi connectivity index (χ0) is 9.80. The van der Waals surface area contributed by atoms with Gasteiger partial charge in [-0.05, 0) is 18.7 Å². The van der Waals surface area contributed by atoms with E-state index >= 15 is 0 Å². The summed E-state index contributed by atoms with van der Waals surface area (Å²) in [4.78, 5) is 2.31. The van der Waals surface area contributed by atoms with Crippen molar-refractivity contribution in [1.29, 1.82) is 0 Å². The predicted molar refractivity (Wildman–Crippen MR) is 57.8 cm³/mol. The number of anilines is 1. The molecule has 1 N–H and O–H groups in total. The van der Waals surface area contributed by atoms with E-state index in [1.54, 1.807) is 0 Å². The number of hydrogen-bond acceptors (Lipinski definition) is 3. The largest absolute Gasteiger partial charge is 0.490 e. The fourth-order valence-electron chi connectivity index (χ4n) is 1.64. The molecular weight excluding hydrogens is 176 g/mol. The highest BCUT2D eigenvalue weighted by Gasteiger charge is 2.15. The van der Waals surface area contributed by atoms with Crippen molar-refractivity contribution in [2.75, 3.05) is 31.3 Å². The number of hydrogen-bond donors (Lipinski definition) is 1. The summed E-state index contributed by atoms with van der Waals surface area (Å²) in [7, 11) is 0. The molecule has 0 spiro atoms. The quantitative estimate of drug-likeness (QED) is 0.784. The van der Waals surface area contributed by atoms with Crippen LogP contribution in [-0.2, 0) is 0 Å². The van der Waals surface area contributed by atoms with E-state index in [1.807, 2.05) is 18.2 Å². The molecule has 76 valence electrons. The second-order valence-corrected chi connectivity index (χ2v) is 3.34. The van der Waals surface area contributed by atoms with Gasteiger partial charge in [-0.1, -0.05) is 19.1 Å². The molecule has 3 heteroatoms. The van der Waals surface area contributed by atoms with Gasteiger partial charge >= 0.3 is 0 Å². The summed E-state index contributed by atoms with van der Waals surface area (Å²) in [5.41, 5.74) is 1.19. The van der Waals surface area contributed by atoms with Crippen molar-refractivity contribution in [2.45, 2.75) is 6.92 Å². The van der Waals surface area contributed by atoms with Crippen molar-refractivity contribution >= 4 is 5.69 Å². The lowest BCUT2D eigenvalue weighted by molar-refractivity contribution is 0.306. The van der Waals surface area contributed by atoms with Gasteiger partial charge in [0.05, 0.1) is 18.9 Å². The third kappa shape index (κ3) is 1.82. The molecule has 0 atom stereocenters. The Morgan fingerprint density at radius 2 is 2.29 bits per heavy atom. The molecule has 1 aromatic rings. The van der Waals surface area contributed by atoms with E-state index in [0.29, 0.717) is 0 Å². The highest BCUT2D eigenvalue weighted by molar-refractivity contribution is 5.59. The topological polar surface area (TPSA) is 24.5 Å². The third-order valence-electron chi connectivity index (χ3n) is 2.38. The summed E-state index contributed by atoms with van der Waals surface area (Å²) in [6, 6.07) is 8.18. The first-order valence-electron chi connectivity index (χ1n) is 5.09. The Kier molecular flexibility index (Phi) is 2.89. The average Bonchev–Trinajstić information content (AvgIpc) is 2.26. The fraction of sp³-hybridized carbons (Fsp3) is 0.455. The molecule has 1 heterocycles. The van der Waals surface area contributed by atoms with Crippen LogP contribution in [0.25, 0.3) is 0 Å². The molecule has 0 unspecified atom stereocenters. The maximum Gasteiger partial charge on any atom is 0.142 e. The van der Waals surface area contributed by atoms with Crippen LogP contribution in [0.3, 0.4) is 0 Å². The Morgan fingerprint density at radius 1 is 1.43 bits per heavy atom. The van der Waals surface area contributed by atoms with Crippen LogP contribution in [0.2, 0.25) is 0 Å². The third-order valence-corrected chi connectivity index (χ3v) is 2.38. The Hall–Kier alpha value is -1.22. The van der Waals surface area contributed by atoms with E-state index in [4.69, 9.17) is 4.74 Å². The fourth-order valence-corrected chi connectivity index (χ4v) is 1.64. The van der Waals surface area contributed by atoms with E-state index in [9.17, 15) is 0 Å². The lowest BCUT2D eigenvalue weighted by atomic mass is 10.2. The highest BCUT2D eigenvalue weighted by Crippen LogP contribution is 2.30. The van der Waals surface area contributed by atoms with Crippen molar-refractivity contribution in [3.05, 3.63) is 24.3 Å². The Bertz CT molecular complexity index is 301. The van der Waals surface area contributed by atoms with Crippen molar-refractivity contribution in [3.8, 4) is 5.75 Å². The maximum atomic E-state index is 5.56. The summed E-state index contributed by atoms with van der Waals surface area (Å²) < 4.78 is 5.56. The molecule has 0 saturated heterocycles. The smallest absolute Gasteiger partial charge is 0.142 e. The van der Waals surface area contributed by atoms with E-state index in [1.165, 1.54) is 5.69 Å². The second-order valence-electron chi connectivity index (χ2n) is 3.34. The average molecular weight is 192 g/mol. The van der Waals surface area contributed by atoms with E-state index < -0.39 is 0 Å². The van der Waals surface area contributed by atoms with Gasteiger partial charge in [-0.15, -0.1) is 0 Å². The summed E-state index contributed by atoms with van der Waals surface area (Å²) in [6.45, 7) is 5.76. The zero-order valence-corrected chi connectivity index (χ0v) is 8.49. The Labute approximate surface area is 84.7 Å². The van der Waals surface area contributed by atoms with Gasteiger partial charge in [-0.3, -0.25) is 0 Å². The van der Waals surface area contributed by atoms with Crippen LogP contribution in [-0.4, -0.2) is 26.4 Å². The van der Waals surface area contributed by atoms with Crippen molar-refractivity contribution in [3.63, 3.8) is 0 Å². The number of benzene rings is 1. The van der Waals surface area contributed by atoms with Crippen molar-refractivity contribution in [2.24, 2.45) is 0 Å². The Balaban J connectivity index is 2.14. The van der Waals surface area contributed by atoms with E-state index in [2.05, 4.69) is 23.2 Å².